The van der Waals surface area contributed by atoms with Crippen molar-refractivity contribution in [1.29, 1.82) is 0 Å². The molecule has 0 atom stereocenters. The molecule has 118 valence electrons. The van der Waals surface area contributed by atoms with E-state index in [9.17, 15) is 9.59 Å². The molecule has 0 saturated heterocycles. The van der Waals surface area contributed by atoms with Crippen molar-refractivity contribution in [3.8, 4) is 0 Å². The van der Waals surface area contributed by atoms with Gasteiger partial charge in [-0.1, -0.05) is 62.2 Å². The second kappa shape index (κ2) is 5.36. The number of benzene rings is 1. The Balaban J connectivity index is 2.42. The molecular formula is C18H15Cl2NO2. The summed E-state index contributed by atoms with van der Waals surface area (Å²) in [4.78, 5) is 28.0. The quantitative estimate of drug-likeness (QED) is 0.760. The minimum Gasteiger partial charge on any atom is -0.357 e. The monoisotopic (exact) mass is 347 g/mol. The molecule has 1 aliphatic rings. The van der Waals surface area contributed by atoms with Crippen molar-refractivity contribution in [2.75, 3.05) is 0 Å². The van der Waals surface area contributed by atoms with Crippen LogP contribution in [0.15, 0.2) is 40.4 Å². The molecule has 3 rings (SSSR count). The minimum absolute atomic E-state index is 0.0883. The van der Waals surface area contributed by atoms with E-state index in [1.807, 2.05) is 45.0 Å². The molecule has 0 radical (unpaired) electrons. The molecule has 0 fully saturated rings. The topological polar surface area (TPSA) is 49.9 Å². The van der Waals surface area contributed by atoms with Crippen LogP contribution in [0.1, 0.15) is 32.0 Å². The number of carbonyl (C=O) groups is 2. The zero-order valence-electron chi connectivity index (χ0n) is 13.0. The van der Waals surface area contributed by atoms with Crippen LogP contribution in [0.5, 0.6) is 0 Å². The van der Waals surface area contributed by atoms with Gasteiger partial charge in [0.25, 0.3) is 0 Å². The zero-order valence-corrected chi connectivity index (χ0v) is 14.5. The molecule has 0 saturated carbocycles. The van der Waals surface area contributed by atoms with Crippen molar-refractivity contribution in [1.82, 2.24) is 4.98 Å². The van der Waals surface area contributed by atoms with Gasteiger partial charge in [-0.25, -0.2) is 0 Å². The van der Waals surface area contributed by atoms with Crippen molar-refractivity contribution in [2.45, 2.75) is 26.2 Å². The summed E-state index contributed by atoms with van der Waals surface area (Å²) < 4.78 is 0. The summed E-state index contributed by atoms with van der Waals surface area (Å²) in [6.07, 6.45) is 1.07. The highest BCUT2D eigenvalue weighted by Crippen LogP contribution is 2.41. The van der Waals surface area contributed by atoms with E-state index in [0.717, 1.165) is 22.7 Å². The maximum atomic E-state index is 12.6. The Morgan fingerprint density at radius 1 is 1.04 bits per heavy atom. The zero-order chi connectivity index (χ0) is 16.9. The summed E-state index contributed by atoms with van der Waals surface area (Å²) in [6, 6.07) is 7.62. The number of halogens is 2. The molecule has 0 unspecified atom stereocenters. The van der Waals surface area contributed by atoms with Crippen LogP contribution in [0.4, 0.5) is 0 Å². The lowest BCUT2D eigenvalue weighted by molar-refractivity contribution is -0.113. The van der Waals surface area contributed by atoms with Crippen LogP contribution in [-0.4, -0.2) is 16.6 Å². The average Bonchev–Trinajstić information content (AvgIpc) is 2.85. The lowest BCUT2D eigenvalue weighted by Gasteiger charge is -2.22. The molecule has 23 heavy (non-hydrogen) atoms. The maximum absolute atomic E-state index is 12.6. The highest BCUT2D eigenvalue weighted by atomic mass is 35.5. The van der Waals surface area contributed by atoms with Gasteiger partial charge in [0, 0.05) is 33.7 Å². The van der Waals surface area contributed by atoms with Gasteiger partial charge in [0.15, 0.2) is 5.78 Å². The lowest BCUT2D eigenvalue weighted by atomic mass is 9.84. The first-order chi connectivity index (χ1) is 10.7. The Morgan fingerprint density at radius 3 is 2.35 bits per heavy atom. The smallest absolute Gasteiger partial charge is 0.206 e. The van der Waals surface area contributed by atoms with Crippen molar-refractivity contribution in [2.24, 2.45) is 0 Å². The van der Waals surface area contributed by atoms with E-state index >= 15 is 0 Å². The van der Waals surface area contributed by atoms with E-state index in [-0.39, 0.29) is 21.1 Å². The van der Waals surface area contributed by atoms with Gasteiger partial charge in [0.2, 0.25) is 5.78 Å². The number of hydrogen-bond acceptors (Lipinski definition) is 2. The molecular weight excluding hydrogens is 333 g/mol. The van der Waals surface area contributed by atoms with Crippen molar-refractivity contribution in [3.63, 3.8) is 0 Å². The normalized spacial score (nSPS) is 16.3. The number of carbonyl (C=O) groups excluding carboxylic acids is 2. The Morgan fingerprint density at radius 2 is 1.70 bits per heavy atom. The second-order valence-electron chi connectivity index (χ2n) is 6.55. The van der Waals surface area contributed by atoms with Crippen molar-refractivity contribution < 1.29 is 9.59 Å². The molecule has 1 aromatic carbocycles. The summed E-state index contributed by atoms with van der Waals surface area (Å²) in [5.41, 5.74) is 2.29. The molecule has 0 bridgehead atoms. The summed E-state index contributed by atoms with van der Waals surface area (Å²) in [5.74, 6) is -0.872. The molecule has 1 aliphatic carbocycles. The van der Waals surface area contributed by atoms with E-state index in [4.69, 9.17) is 23.2 Å². The molecule has 1 N–H and O–H groups in total. The largest absolute Gasteiger partial charge is 0.357 e. The van der Waals surface area contributed by atoms with Crippen LogP contribution < -0.4 is 0 Å². The third kappa shape index (κ3) is 2.54. The van der Waals surface area contributed by atoms with Crippen LogP contribution in [0.25, 0.3) is 16.5 Å². The Hall–Kier alpha value is -1.84. The van der Waals surface area contributed by atoms with E-state index < -0.39 is 11.6 Å². The van der Waals surface area contributed by atoms with Gasteiger partial charge in [-0.3, -0.25) is 9.59 Å². The fraction of sp³-hybridized carbons (Fsp3) is 0.222. The Bertz CT molecular complexity index is 911. The fourth-order valence-corrected chi connectivity index (χ4v) is 3.20. The molecule has 0 amide bonds. The van der Waals surface area contributed by atoms with Crippen LogP contribution in [0.3, 0.4) is 0 Å². The standard InChI is InChI=1S/C18H15Cl2NO2/c1-18(2,3)17-13(9-6-4-5-7-11(9)21-17)14-15(20)12(22)8-10(19)16(14)23/h4-8,21H,1-3H3. The third-order valence-electron chi connectivity index (χ3n) is 3.84. The number of fused-ring (bicyclic) bond motifs is 1. The van der Waals surface area contributed by atoms with Gasteiger partial charge in [0.1, 0.15) is 0 Å². The molecule has 3 nitrogen and oxygen atoms in total. The number of hydrogen-bond donors (Lipinski definition) is 1. The Kier molecular flexibility index (Phi) is 3.74. The molecule has 2 aromatic rings. The number of Topliss-reactive ketones (excluding diaryl/α,β-unsaturated/α-hetero) is 1. The predicted octanol–water partition coefficient (Wildman–Crippen LogP) is 4.69. The number of para-hydroxylation sites is 1. The van der Waals surface area contributed by atoms with Crippen LogP contribution >= 0.6 is 23.2 Å². The van der Waals surface area contributed by atoms with Crippen molar-refractivity contribution >= 4 is 51.2 Å². The maximum Gasteiger partial charge on any atom is 0.206 e. The molecule has 1 aromatic heterocycles. The van der Waals surface area contributed by atoms with E-state index in [1.165, 1.54) is 0 Å². The van der Waals surface area contributed by atoms with Crippen molar-refractivity contribution in [3.05, 3.63) is 51.7 Å². The van der Waals surface area contributed by atoms with Crippen LogP contribution in [-0.2, 0) is 15.0 Å². The van der Waals surface area contributed by atoms with Gasteiger partial charge in [-0.15, -0.1) is 0 Å². The number of aromatic nitrogens is 1. The fourth-order valence-electron chi connectivity index (χ4n) is 2.77. The molecule has 1 heterocycles. The van der Waals surface area contributed by atoms with Gasteiger partial charge < -0.3 is 4.98 Å². The van der Waals surface area contributed by atoms with Gasteiger partial charge in [-0.2, -0.15) is 0 Å². The second-order valence-corrected chi connectivity index (χ2v) is 7.33. The van der Waals surface area contributed by atoms with E-state index in [1.54, 1.807) is 0 Å². The molecule has 5 heteroatoms. The van der Waals surface area contributed by atoms with E-state index in [0.29, 0.717) is 5.56 Å². The van der Waals surface area contributed by atoms with Gasteiger partial charge in [0.05, 0.1) is 15.6 Å². The number of H-pyrrole nitrogens is 1. The highest BCUT2D eigenvalue weighted by Gasteiger charge is 2.33. The van der Waals surface area contributed by atoms with Crippen LogP contribution in [0, 0.1) is 0 Å². The SMILES string of the molecule is CC(C)(C)c1[nH]c2ccccc2c1C1=C(Cl)C(=O)C=C(Cl)C1=O. The third-order valence-corrected chi connectivity index (χ3v) is 4.50. The molecule has 0 spiro atoms. The Labute approximate surface area is 144 Å². The first-order valence-electron chi connectivity index (χ1n) is 7.19. The first-order valence-corrected chi connectivity index (χ1v) is 7.95. The van der Waals surface area contributed by atoms with E-state index in [2.05, 4.69) is 4.98 Å². The minimum atomic E-state index is -0.448. The summed E-state index contributed by atoms with van der Waals surface area (Å²) in [6.45, 7) is 6.09. The number of ketones is 2. The number of nitrogens with one attached hydrogen (secondary N) is 1. The summed E-state index contributed by atoms with van der Waals surface area (Å²) in [5, 5.41) is 0.646. The first kappa shape index (κ1) is 16.0. The number of rotatable bonds is 1. The predicted molar refractivity (Wildman–Crippen MR) is 93.7 cm³/mol. The average molecular weight is 348 g/mol. The summed E-state index contributed by atoms with van der Waals surface area (Å²) >= 11 is 12.1. The summed E-state index contributed by atoms with van der Waals surface area (Å²) in [7, 11) is 0. The number of aromatic amines is 1. The van der Waals surface area contributed by atoms with Gasteiger partial charge in [-0.05, 0) is 6.07 Å². The lowest BCUT2D eigenvalue weighted by Crippen LogP contribution is -2.19. The molecule has 0 aliphatic heterocycles. The van der Waals surface area contributed by atoms with Gasteiger partial charge >= 0.3 is 0 Å². The van der Waals surface area contributed by atoms with Crippen LogP contribution in [0.2, 0.25) is 0 Å². The highest BCUT2D eigenvalue weighted by molar-refractivity contribution is 6.62. The number of allylic oxidation sites excluding steroid dienone is 4.